The molecule has 35 heavy (non-hydrogen) atoms. The Bertz CT molecular complexity index is 1370. The second-order valence-corrected chi connectivity index (χ2v) is 8.52. The first kappa shape index (κ1) is 22.0. The summed E-state index contributed by atoms with van der Waals surface area (Å²) in [5, 5.41) is 35.1. The molecule has 4 heterocycles. The van der Waals surface area contributed by atoms with Crippen molar-refractivity contribution in [3.8, 4) is 12.1 Å². The number of rotatable bonds is 6. The van der Waals surface area contributed by atoms with Crippen LogP contribution in [0.5, 0.6) is 0 Å². The van der Waals surface area contributed by atoms with Gasteiger partial charge in [0, 0.05) is 48.7 Å². The van der Waals surface area contributed by atoms with Gasteiger partial charge in [0.2, 0.25) is 11.9 Å². The van der Waals surface area contributed by atoms with Gasteiger partial charge < -0.3 is 20.4 Å². The zero-order valence-electron chi connectivity index (χ0n) is 18.8. The fourth-order valence-electron chi connectivity index (χ4n) is 4.31. The van der Waals surface area contributed by atoms with Gasteiger partial charge in [-0.3, -0.25) is 4.79 Å². The van der Waals surface area contributed by atoms with Crippen LogP contribution >= 0.6 is 0 Å². The van der Waals surface area contributed by atoms with Crippen molar-refractivity contribution in [3.05, 3.63) is 48.8 Å². The number of fused-ring (bicyclic) bond motifs is 1. The molecule has 2 aromatic heterocycles. The molecular weight excluding hydrogens is 444 g/mol. The van der Waals surface area contributed by atoms with Crippen LogP contribution in [-0.2, 0) is 4.79 Å². The van der Waals surface area contributed by atoms with E-state index in [1.807, 2.05) is 29.2 Å². The van der Waals surface area contributed by atoms with E-state index < -0.39 is 0 Å². The number of carbonyl (C=O) groups is 1. The highest BCUT2D eigenvalue weighted by atomic mass is 16.1. The van der Waals surface area contributed by atoms with Gasteiger partial charge in [-0.1, -0.05) is 6.58 Å². The number of nitriles is 2. The third kappa shape index (κ3) is 4.39. The molecule has 2 aliphatic heterocycles. The molecule has 2 fully saturated rings. The Hall–Kier alpha value is -4.77. The van der Waals surface area contributed by atoms with E-state index >= 15 is 0 Å². The van der Waals surface area contributed by atoms with Gasteiger partial charge in [0.1, 0.15) is 6.07 Å². The molecule has 0 radical (unpaired) electrons. The minimum absolute atomic E-state index is 0.0231. The largest absolute Gasteiger partial charge is 0.352 e. The lowest BCUT2D eigenvalue weighted by Gasteiger charge is -2.36. The third-order valence-corrected chi connectivity index (χ3v) is 6.16. The maximum Gasteiger partial charge on any atom is 0.247 e. The second-order valence-electron chi connectivity index (χ2n) is 8.52. The fourth-order valence-corrected chi connectivity index (χ4v) is 4.31. The standard InChI is InChI=1S/C24H22N10O/c1-2-21(35)29-17-3-4-19-20(7-17)23(34-12-16(9-26)13-34)32-31-22(19)33-6-5-18(14-33)30-24-27-10-15(8-25)11-28-24/h2-4,7,10-11,16,18H,1,5-6,12-14H2,(H,29,35)(H,27,28,30)/t18-/m1/s1. The Balaban J connectivity index is 1.41. The molecule has 2 N–H and O–H groups in total. The van der Waals surface area contributed by atoms with Gasteiger partial charge in [0.25, 0.3) is 0 Å². The van der Waals surface area contributed by atoms with Crippen molar-refractivity contribution in [1.82, 2.24) is 20.2 Å². The van der Waals surface area contributed by atoms with Crippen molar-refractivity contribution < 1.29 is 4.79 Å². The van der Waals surface area contributed by atoms with Crippen molar-refractivity contribution in [3.63, 3.8) is 0 Å². The predicted molar refractivity (Wildman–Crippen MR) is 131 cm³/mol. The molecule has 1 aromatic carbocycles. The van der Waals surface area contributed by atoms with Crippen LogP contribution in [0.1, 0.15) is 12.0 Å². The zero-order chi connectivity index (χ0) is 24.4. The minimum atomic E-state index is -0.292. The van der Waals surface area contributed by atoms with E-state index in [0.717, 1.165) is 29.6 Å². The molecule has 0 aliphatic carbocycles. The first-order valence-electron chi connectivity index (χ1n) is 11.2. The molecule has 0 bridgehead atoms. The molecule has 1 atom stereocenters. The van der Waals surface area contributed by atoms with Crippen LogP contribution in [0.15, 0.2) is 43.2 Å². The van der Waals surface area contributed by atoms with Crippen molar-refractivity contribution in [2.24, 2.45) is 5.92 Å². The van der Waals surface area contributed by atoms with Gasteiger partial charge in [-0.05, 0) is 30.7 Å². The Morgan fingerprint density at radius 3 is 2.51 bits per heavy atom. The lowest BCUT2D eigenvalue weighted by atomic mass is 10.0. The summed E-state index contributed by atoms with van der Waals surface area (Å²) in [6, 6.07) is 10.1. The van der Waals surface area contributed by atoms with Gasteiger partial charge in [-0.2, -0.15) is 10.5 Å². The number of benzene rings is 1. The van der Waals surface area contributed by atoms with E-state index in [0.29, 0.717) is 42.7 Å². The van der Waals surface area contributed by atoms with Crippen LogP contribution in [0.25, 0.3) is 10.8 Å². The van der Waals surface area contributed by atoms with E-state index in [-0.39, 0.29) is 17.9 Å². The smallest absolute Gasteiger partial charge is 0.247 e. The highest BCUT2D eigenvalue weighted by Gasteiger charge is 2.31. The average molecular weight is 467 g/mol. The van der Waals surface area contributed by atoms with Crippen molar-refractivity contribution >= 4 is 40.0 Å². The number of aromatic nitrogens is 4. The summed E-state index contributed by atoms with van der Waals surface area (Å²) in [5.41, 5.74) is 1.05. The highest BCUT2D eigenvalue weighted by molar-refractivity contribution is 6.04. The number of hydrogen-bond acceptors (Lipinski definition) is 10. The maximum absolute atomic E-state index is 11.8. The van der Waals surface area contributed by atoms with Gasteiger partial charge in [0.05, 0.1) is 29.9 Å². The molecule has 11 nitrogen and oxygen atoms in total. The van der Waals surface area contributed by atoms with Crippen molar-refractivity contribution in [2.45, 2.75) is 12.5 Å². The molecule has 11 heteroatoms. The number of anilines is 4. The van der Waals surface area contributed by atoms with Crippen LogP contribution in [0.3, 0.4) is 0 Å². The Morgan fingerprint density at radius 1 is 1.09 bits per heavy atom. The lowest BCUT2D eigenvalue weighted by molar-refractivity contribution is -0.111. The van der Waals surface area contributed by atoms with E-state index in [4.69, 9.17) is 5.26 Å². The SMILES string of the molecule is C=CC(=O)Nc1ccc2c(N3CC[C@@H](Nc4ncc(C#N)cn4)C3)nnc(N3CC(C#N)C3)c2c1. The molecular formula is C24H22N10O. The molecule has 0 spiro atoms. The number of amides is 1. The highest BCUT2D eigenvalue weighted by Crippen LogP contribution is 2.36. The van der Waals surface area contributed by atoms with Gasteiger partial charge in [0.15, 0.2) is 11.6 Å². The van der Waals surface area contributed by atoms with Crippen LogP contribution in [0.2, 0.25) is 0 Å². The Labute approximate surface area is 201 Å². The van der Waals surface area contributed by atoms with Gasteiger partial charge in [-0.25, -0.2) is 9.97 Å². The predicted octanol–water partition coefficient (Wildman–Crippen LogP) is 2.07. The average Bonchev–Trinajstić information content (AvgIpc) is 3.32. The summed E-state index contributed by atoms with van der Waals surface area (Å²) in [6.45, 7) is 6.16. The van der Waals surface area contributed by atoms with E-state index in [1.54, 1.807) is 0 Å². The summed E-state index contributed by atoms with van der Waals surface area (Å²) < 4.78 is 0. The summed E-state index contributed by atoms with van der Waals surface area (Å²) in [7, 11) is 0. The van der Waals surface area contributed by atoms with Crippen LogP contribution < -0.4 is 20.4 Å². The van der Waals surface area contributed by atoms with E-state index in [9.17, 15) is 10.1 Å². The molecule has 2 aliphatic rings. The maximum atomic E-state index is 11.8. The Kier molecular flexibility index (Phi) is 5.81. The fraction of sp³-hybridized carbons (Fsp3) is 0.292. The van der Waals surface area contributed by atoms with E-state index in [2.05, 4.69) is 48.3 Å². The molecule has 174 valence electrons. The lowest BCUT2D eigenvalue weighted by Crippen LogP contribution is -2.46. The third-order valence-electron chi connectivity index (χ3n) is 6.16. The topological polar surface area (TPSA) is 147 Å². The zero-order valence-corrected chi connectivity index (χ0v) is 18.8. The van der Waals surface area contributed by atoms with Crippen LogP contribution in [0, 0.1) is 28.6 Å². The van der Waals surface area contributed by atoms with Crippen molar-refractivity contribution in [2.75, 3.05) is 46.6 Å². The molecule has 0 unspecified atom stereocenters. The first-order chi connectivity index (χ1) is 17.1. The van der Waals surface area contributed by atoms with Crippen LogP contribution in [-0.4, -0.2) is 58.3 Å². The van der Waals surface area contributed by atoms with Crippen LogP contribution in [0.4, 0.5) is 23.3 Å². The summed E-state index contributed by atoms with van der Waals surface area (Å²) in [4.78, 5) is 24.4. The molecule has 5 rings (SSSR count). The summed E-state index contributed by atoms with van der Waals surface area (Å²) >= 11 is 0. The minimum Gasteiger partial charge on any atom is -0.352 e. The number of hydrogen-bond donors (Lipinski definition) is 2. The summed E-state index contributed by atoms with van der Waals surface area (Å²) in [6.07, 6.45) is 5.07. The second kappa shape index (κ2) is 9.23. The van der Waals surface area contributed by atoms with Gasteiger partial charge in [-0.15, -0.1) is 10.2 Å². The van der Waals surface area contributed by atoms with Crippen molar-refractivity contribution in [1.29, 1.82) is 10.5 Å². The molecule has 3 aromatic rings. The summed E-state index contributed by atoms with van der Waals surface area (Å²) in [5.74, 6) is 1.62. The molecule has 2 saturated heterocycles. The number of carbonyl (C=O) groups excluding carboxylic acids is 1. The Morgan fingerprint density at radius 2 is 1.83 bits per heavy atom. The molecule has 1 amide bonds. The monoisotopic (exact) mass is 466 g/mol. The normalized spacial score (nSPS) is 17.4. The molecule has 0 saturated carbocycles. The number of nitrogens with one attached hydrogen (secondary N) is 2. The number of nitrogens with zero attached hydrogens (tertiary/aromatic N) is 8. The van der Waals surface area contributed by atoms with Gasteiger partial charge >= 0.3 is 0 Å². The quantitative estimate of drug-likeness (QED) is 0.517. The van der Waals surface area contributed by atoms with E-state index in [1.165, 1.54) is 18.5 Å². The first-order valence-corrected chi connectivity index (χ1v) is 11.2.